The second-order valence-corrected chi connectivity index (χ2v) is 2.67. The zero-order valence-corrected chi connectivity index (χ0v) is 9.14. The fraction of sp³-hybridized carbons (Fsp3) is 0.200. The monoisotopic (exact) mass is 228 g/mol. The van der Waals surface area contributed by atoms with E-state index >= 15 is 0 Å². The van der Waals surface area contributed by atoms with Crippen LogP contribution in [0.15, 0.2) is 24.3 Å². The maximum absolute atomic E-state index is 11.4. The van der Waals surface area contributed by atoms with E-state index in [9.17, 15) is 4.79 Å². The van der Waals surface area contributed by atoms with E-state index in [1.165, 1.54) is 0 Å². The molecule has 5 heteroatoms. The van der Waals surface area contributed by atoms with Gasteiger partial charge in [-0.25, -0.2) is 0 Å². The van der Waals surface area contributed by atoms with Crippen molar-refractivity contribution in [2.24, 2.45) is 5.73 Å². The van der Waals surface area contributed by atoms with Gasteiger partial charge >= 0.3 is 0 Å². The summed E-state index contributed by atoms with van der Waals surface area (Å²) in [6.45, 7) is 2.30. The van der Waals surface area contributed by atoms with Crippen LogP contribution in [0.2, 0.25) is 0 Å². The van der Waals surface area contributed by atoms with Crippen LogP contribution in [-0.4, -0.2) is 18.2 Å². The van der Waals surface area contributed by atoms with E-state index in [1.54, 1.807) is 24.3 Å². The van der Waals surface area contributed by atoms with Crippen molar-refractivity contribution in [3.63, 3.8) is 0 Å². The summed E-state index contributed by atoms with van der Waals surface area (Å²) in [7, 11) is 0. The smallest absolute Gasteiger partial charge is 0.230 e. The number of rotatable bonds is 4. The molecule has 0 aliphatic carbocycles. The molecule has 0 saturated carbocycles. The molecule has 0 radical (unpaired) electrons. The molecule has 0 aliphatic heterocycles. The lowest BCUT2D eigenvalue weighted by molar-refractivity contribution is 0.106. The highest BCUT2D eigenvalue weighted by atomic mass is 35.5. The van der Waals surface area contributed by atoms with Gasteiger partial charge in [-0.1, -0.05) is 12.1 Å². The van der Waals surface area contributed by atoms with Crippen molar-refractivity contribution < 1.29 is 9.53 Å². The minimum atomic E-state index is -0.506. The molecule has 1 aromatic rings. The molecule has 0 bridgehead atoms. The third-order valence-electron chi connectivity index (χ3n) is 1.68. The van der Waals surface area contributed by atoms with Crippen LogP contribution in [0, 0.1) is 5.41 Å². The number of benzene rings is 1. The van der Waals surface area contributed by atoms with Crippen LogP contribution in [0.4, 0.5) is 0 Å². The van der Waals surface area contributed by atoms with Gasteiger partial charge in [0.1, 0.15) is 5.75 Å². The number of hydrogen-bond donors (Lipinski definition) is 2. The Balaban J connectivity index is 0.00000196. The molecule has 0 saturated heterocycles. The van der Waals surface area contributed by atoms with Crippen LogP contribution in [0.25, 0.3) is 0 Å². The first-order valence-electron chi connectivity index (χ1n) is 4.27. The van der Waals surface area contributed by atoms with Crippen LogP contribution in [0.5, 0.6) is 5.75 Å². The molecule has 1 aromatic carbocycles. The van der Waals surface area contributed by atoms with Crippen LogP contribution in [-0.2, 0) is 0 Å². The molecule has 15 heavy (non-hydrogen) atoms. The summed E-state index contributed by atoms with van der Waals surface area (Å²) in [5, 5.41) is 7.04. The summed E-state index contributed by atoms with van der Waals surface area (Å²) < 4.78 is 5.24. The van der Waals surface area contributed by atoms with Crippen LogP contribution < -0.4 is 10.5 Å². The van der Waals surface area contributed by atoms with Crippen molar-refractivity contribution in [3.05, 3.63) is 29.8 Å². The summed E-state index contributed by atoms with van der Waals surface area (Å²) >= 11 is 0. The lowest BCUT2D eigenvalue weighted by Gasteiger charge is -2.07. The molecule has 4 nitrogen and oxygen atoms in total. The predicted octanol–water partition coefficient (Wildman–Crippen LogP) is 1.63. The molecule has 0 heterocycles. The van der Waals surface area contributed by atoms with Gasteiger partial charge in [-0.2, -0.15) is 0 Å². The Bertz CT molecular complexity index is 366. The summed E-state index contributed by atoms with van der Waals surface area (Å²) in [6.07, 6.45) is 0. The highest BCUT2D eigenvalue weighted by Crippen LogP contribution is 2.18. The number of halogens is 1. The number of ether oxygens (including phenoxy) is 1. The van der Waals surface area contributed by atoms with Gasteiger partial charge in [-0.05, 0) is 19.1 Å². The summed E-state index contributed by atoms with van der Waals surface area (Å²) in [6, 6.07) is 6.75. The lowest BCUT2D eigenvalue weighted by atomic mass is 10.1. The normalized spacial score (nSPS) is 8.87. The molecule has 0 aliphatic rings. The Labute approximate surface area is 94.3 Å². The molecule has 0 spiro atoms. The van der Waals surface area contributed by atoms with Crippen LogP contribution in [0.1, 0.15) is 17.3 Å². The number of Topliss-reactive ketones (excluding diaryl/α,β-unsaturated/α-hetero) is 1. The number of amidine groups is 1. The first-order valence-corrected chi connectivity index (χ1v) is 4.27. The van der Waals surface area contributed by atoms with E-state index < -0.39 is 11.6 Å². The molecule has 82 valence electrons. The molecule has 1 rings (SSSR count). The third-order valence-corrected chi connectivity index (χ3v) is 1.68. The van der Waals surface area contributed by atoms with Gasteiger partial charge in [-0.3, -0.25) is 10.2 Å². The topological polar surface area (TPSA) is 76.2 Å². The highest BCUT2D eigenvalue weighted by molar-refractivity contribution is 6.44. The SMILES string of the molecule is CCOc1ccccc1C(=O)C(=N)N.Cl. The molecule has 0 aromatic heterocycles. The molecular formula is C10H13ClN2O2. The van der Waals surface area contributed by atoms with Gasteiger partial charge in [0.15, 0.2) is 5.84 Å². The lowest BCUT2D eigenvalue weighted by Crippen LogP contribution is -2.22. The Morgan fingerprint density at radius 3 is 2.60 bits per heavy atom. The second-order valence-electron chi connectivity index (χ2n) is 2.67. The van der Waals surface area contributed by atoms with Crippen molar-refractivity contribution in [3.8, 4) is 5.75 Å². The standard InChI is InChI=1S/C10H12N2O2.ClH/c1-2-14-8-6-4-3-5-7(8)9(13)10(11)12;/h3-6H,2H2,1H3,(H3,11,12);1H. The van der Waals surface area contributed by atoms with Crippen molar-refractivity contribution in [1.82, 2.24) is 0 Å². The van der Waals surface area contributed by atoms with Crippen LogP contribution in [0.3, 0.4) is 0 Å². The molecule has 0 atom stereocenters. The fourth-order valence-electron chi connectivity index (χ4n) is 1.08. The van der Waals surface area contributed by atoms with E-state index in [4.69, 9.17) is 15.9 Å². The number of carbonyl (C=O) groups excluding carboxylic acids is 1. The molecule has 0 amide bonds. The Morgan fingerprint density at radius 2 is 2.07 bits per heavy atom. The van der Waals surface area contributed by atoms with Crippen molar-refractivity contribution in [1.29, 1.82) is 5.41 Å². The number of carbonyl (C=O) groups is 1. The van der Waals surface area contributed by atoms with Gasteiger partial charge in [0.05, 0.1) is 12.2 Å². The molecule has 3 N–H and O–H groups in total. The fourth-order valence-corrected chi connectivity index (χ4v) is 1.08. The first-order chi connectivity index (χ1) is 6.66. The average Bonchev–Trinajstić information content (AvgIpc) is 2.18. The number of ketones is 1. The molecular weight excluding hydrogens is 216 g/mol. The minimum absolute atomic E-state index is 0. The van der Waals surface area contributed by atoms with Gasteiger partial charge in [0.2, 0.25) is 5.78 Å². The molecule has 0 fully saturated rings. The maximum atomic E-state index is 11.4. The zero-order chi connectivity index (χ0) is 10.6. The summed E-state index contributed by atoms with van der Waals surface area (Å²) in [4.78, 5) is 11.4. The Morgan fingerprint density at radius 1 is 1.47 bits per heavy atom. The zero-order valence-electron chi connectivity index (χ0n) is 8.32. The Kier molecular flexibility index (Phi) is 5.41. The predicted molar refractivity (Wildman–Crippen MR) is 61.1 cm³/mol. The summed E-state index contributed by atoms with van der Waals surface area (Å²) in [5.41, 5.74) is 5.45. The highest BCUT2D eigenvalue weighted by Gasteiger charge is 2.13. The van der Waals surface area contributed by atoms with E-state index in [-0.39, 0.29) is 12.4 Å². The van der Waals surface area contributed by atoms with Crippen molar-refractivity contribution in [2.45, 2.75) is 6.92 Å². The van der Waals surface area contributed by atoms with Crippen molar-refractivity contribution >= 4 is 24.0 Å². The van der Waals surface area contributed by atoms with Gasteiger partial charge < -0.3 is 10.5 Å². The quantitative estimate of drug-likeness (QED) is 0.467. The van der Waals surface area contributed by atoms with Crippen molar-refractivity contribution in [2.75, 3.05) is 6.61 Å². The minimum Gasteiger partial charge on any atom is -0.493 e. The van der Waals surface area contributed by atoms with E-state index in [0.717, 1.165) is 0 Å². The average molecular weight is 229 g/mol. The second kappa shape index (κ2) is 6.03. The van der Waals surface area contributed by atoms with E-state index in [0.29, 0.717) is 17.9 Å². The Hall–Kier alpha value is -1.55. The number of hydrogen-bond acceptors (Lipinski definition) is 3. The van der Waals surface area contributed by atoms with E-state index in [1.807, 2.05) is 6.92 Å². The van der Waals surface area contributed by atoms with Crippen LogP contribution >= 0.6 is 12.4 Å². The van der Waals surface area contributed by atoms with Gasteiger partial charge in [0, 0.05) is 0 Å². The van der Waals surface area contributed by atoms with E-state index in [2.05, 4.69) is 0 Å². The number of para-hydroxylation sites is 1. The maximum Gasteiger partial charge on any atom is 0.230 e. The third kappa shape index (κ3) is 3.25. The van der Waals surface area contributed by atoms with Gasteiger partial charge in [0.25, 0.3) is 0 Å². The largest absolute Gasteiger partial charge is 0.493 e. The number of nitrogens with one attached hydrogen (secondary N) is 1. The molecule has 0 unspecified atom stereocenters. The first kappa shape index (κ1) is 13.4. The van der Waals surface area contributed by atoms with Gasteiger partial charge in [-0.15, -0.1) is 12.4 Å². The number of nitrogens with two attached hydrogens (primary N) is 1. The summed E-state index contributed by atoms with van der Waals surface area (Å²) in [5.74, 6) is -0.513.